The summed E-state index contributed by atoms with van der Waals surface area (Å²) in [5.74, 6) is 0.103. The van der Waals surface area contributed by atoms with Crippen molar-refractivity contribution in [2.24, 2.45) is 4.99 Å². The minimum Gasteiger partial charge on any atom is -0.507 e. The second kappa shape index (κ2) is 9.58. The van der Waals surface area contributed by atoms with E-state index in [1.807, 2.05) is 24.3 Å². The lowest BCUT2D eigenvalue weighted by molar-refractivity contribution is -0.384. The molecular formula is C22H16N4O4S2. The maximum Gasteiger partial charge on any atom is 0.269 e. The summed E-state index contributed by atoms with van der Waals surface area (Å²) >= 11 is 2.78. The summed E-state index contributed by atoms with van der Waals surface area (Å²) in [5, 5.41) is 23.2. The molecule has 0 fully saturated rings. The monoisotopic (exact) mass is 464 g/mol. The van der Waals surface area contributed by atoms with Crippen LogP contribution in [-0.2, 0) is 4.79 Å². The zero-order chi connectivity index (χ0) is 22.5. The molecule has 1 amide bonds. The number of hydrogen-bond acceptors (Lipinski definition) is 8. The number of benzene rings is 3. The molecular weight excluding hydrogens is 448 g/mol. The average molecular weight is 465 g/mol. The molecule has 1 aromatic heterocycles. The summed E-state index contributed by atoms with van der Waals surface area (Å²) in [7, 11) is 0. The number of phenols is 1. The lowest BCUT2D eigenvalue weighted by atomic mass is 10.2. The molecule has 0 aliphatic heterocycles. The van der Waals surface area contributed by atoms with Crippen molar-refractivity contribution in [2.75, 3.05) is 11.1 Å². The molecule has 0 radical (unpaired) electrons. The number of para-hydroxylation sites is 1. The van der Waals surface area contributed by atoms with E-state index in [0.29, 0.717) is 11.3 Å². The second-order valence-corrected chi connectivity index (χ2v) is 8.84. The number of anilines is 1. The van der Waals surface area contributed by atoms with Crippen LogP contribution in [0.4, 0.5) is 17.1 Å². The Morgan fingerprint density at radius 2 is 1.97 bits per heavy atom. The predicted molar refractivity (Wildman–Crippen MR) is 127 cm³/mol. The minimum absolute atomic E-state index is 0.0314. The van der Waals surface area contributed by atoms with Crippen molar-refractivity contribution in [2.45, 2.75) is 4.34 Å². The van der Waals surface area contributed by atoms with E-state index in [-0.39, 0.29) is 23.1 Å². The van der Waals surface area contributed by atoms with Gasteiger partial charge in [0, 0.05) is 29.6 Å². The molecule has 0 unspecified atom stereocenters. The molecule has 0 bridgehead atoms. The lowest BCUT2D eigenvalue weighted by Gasteiger charge is -2.03. The number of thiazole rings is 1. The third-order valence-electron chi connectivity index (χ3n) is 4.33. The number of nitrogens with one attached hydrogen (secondary N) is 1. The molecule has 2 N–H and O–H groups in total. The minimum atomic E-state index is -0.489. The van der Waals surface area contributed by atoms with Gasteiger partial charge in [0.05, 0.1) is 26.6 Å². The first kappa shape index (κ1) is 21.5. The highest BCUT2D eigenvalue weighted by molar-refractivity contribution is 8.01. The maximum atomic E-state index is 12.2. The van der Waals surface area contributed by atoms with Crippen LogP contribution < -0.4 is 5.32 Å². The summed E-state index contributed by atoms with van der Waals surface area (Å²) in [5.41, 5.74) is 2.65. The molecule has 0 aliphatic rings. The van der Waals surface area contributed by atoms with E-state index in [4.69, 9.17) is 0 Å². The molecule has 32 heavy (non-hydrogen) atoms. The Kier molecular flexibility index (Phi) is 6.43. The zero-order valence-electron chi connectivity index (χ0n) is 16.5. The van der Waals surface area contributed by atoms with Crippen molar-refractivity contribution in [3.05, 3.63) is 82.4 Å². The number of thioether (sulfide) groups is 1. The topological polar surface area (TPSA) is 118 Å². The average Bonchev–Trinajstić information content (AvgIpc) is 3.20. The Labute approximate surface area is 190 Å². The van der Waals surface area contributed by atoms with E-state index < -0.39 is 4.92 Å². The molecule has 160 valence electrons. The predicted octanol–water partition coefficient (Wildman–Crippen LogP) is 5.39. The Morgan fingerprint density at radius 3 is 2.72 bits per heavy atom. The molecule has 0 saturated heterocycles. The van der Waals surface area contributed by atoms with Crippen LogP contribution in [0.3, 0.4) is 0 Å². The maximum absolute atomic E-state index is 12.2. The molecule has 4 rings (SSSR count). The van der Waals surface area contributed by atoms with E-state index in [9.17, 15) is 20.0 Å². The van der Waals surface area contributed by atoms with Crippen LogP contribution in [0.5, 0.6) is 5.75 Å². The van der Waals surface area contributed by atoms with Crippen molar-refractivity contribution in [1.29, 1.82) is 0 Å². The van der Waals surface area contributed by atoms with E-state index in [1.54, 1.807) is 24.4 Å². The van der Waals surface area contributed by atoms with Gasteiger partial charge in [0.15, 0.2) is 4.34 Å². The first-order chi connectivity index (χ1) is 15.5. The molecule has 0 atom stereocenters. The van der Waals surface area contributed by atoms with E-state index in [1.165, 1.54) is 47.4 Å². The molecule has 0 spiro atoms. The Morgan fingerprint density at radius 1 is 1.19 bits per heavy atom. The molecule has 0 aliphatic carbocycles. The third-order valence-corrected chi connectivity index (χ3v) is 6.49. The fourth-order valence-electron chi connectivity index (χ4n) is 2.77. The summed E-state index contributed by atoms with van der Waals surface area (Å²) < 4.78 is 1.69. The first-order valence-corrected chi connectivity index (χ1v) is 11.2. The first-order valence-electron chi connectivity index (χ1n) is 9.38. The van der Waals surface area contributed by atoms with Crippen LogP contribution in [0, 0.1) is 10.1 Å². The number of aliphatic imine (C=N–C) groups is 1. The zero-order valence-corrected chi connectivity index (χ0v) is 18.1. The van der Waals surface area contributed by atoms with Crippen LogP contribution in [0.25, 0.3) is 10.2 Å². The fourth-order valence-corrected chi connectivity index (χ4v) is 4.67. The van der Waals surface area contributed by atoms with Crippen molar-refractivity contribution >= 4 is 62.5 Å². The molecule has 1 heterocycles. The third kappa shape index (κ3) is 5.29. The number of rotatable bonds is 7. The van der Waals surface area contributed by atoms with Gasteiger partial charge in [-0.3, -0.25) is 19.9 Å². The van der Waals surface area contributed by atoms with Gasteiger partial charge in [-0.15, -0.1) is 11.3 Å². The van der Waals surface area contributed by atoms with Gasteiger partial charge in [0.2, 0.25) is 5.91 Å². The molecule has 3 aromatic carbocycles. The van der Waals surface area contributed by atoms with E-state index in [2.05, 4.69) is 15.3 Å². The van der Waals surface area contributed by atoms with Gasteiger partial charge in [-0.1, -0.05) is 23.9 Å². The number of phenolic OH excluding ortho intramolecular Hbond substituents is 1. The standard InChI is InChI=1S/C22H16N4O4S2/c27-19-4-2-1-3-14(19)12-23-16-7-10-18-20(11-16)32-22(25-18)31-13-21(28)24-15-5-8-17(9-6-15)26(29)30/h1-12,27H,13H2,(H,24,28). The van der Waals surface area contributed by atoms with Crippen LogP contribution in [0.2, 0.25) is 0 Å². The van der Waals surface area contributed by atoms with Crippen molar-refractivity contribution in [3.8, 4) is 5.75 Å². The second-order valence-electron chi connectivity index (χ2n) is 6.59. The highest BCUT2D eigenvalue weighted by Crippen LogP contribution is 2.32. The number of fused-ring (bicyclic) bond motifs is 1. The summed E-state index contributed by atoms with van der Waals surface area (Å²) in [4.78, 5) is 31.3. The van der Waals surface area contributed by atoms with Gasteiger partial charge in [-0.25, -0.2) is 4.98 Å². The van der Waals surface area contributed by atoms with Crippen molar-refractivity contribution in [1.82, 2.24) is 4.98 Å². The number of non-ortho nitro benzene ring substituents is 1. The Bertz CT molecular complexity index is 1320. The van der Waals surface area contributed by atoms with Crippen molar-refractivity contribution in [3.63, 3.8) is 0 Å². The van der Waals surface area contributed by atoms with Gasteiger partial charge >= 0.3 is 0 Å². The molecule has 10 heteroatoms. The fraction of sp³-hybridized carbons (Fsp3) is 0.0455. The highest BCUT2D eigenvalue weighted by atomic mass is 32.2. The number of nitro benzene ring substituents is 1. The summed E-state index contributed by atoms with van der Waals surface area (Å²) in [6.45, 7) is 0. The Hall–Kier alpha value is -3.76. The number of amides is 1. The van der Waals surface area contributed by atoms with E-state index in [0.717, 1.165) is 20.2 Å². The number of aromatic nitrogens is 1. The van der Waals surface area contributed by atoms with Gasteiger partial charge in [-0.05, 0) is 42.5 Å². The molecule has 8 nitrogen and oxygen atoms in total. The SMILES string of the molecule is O=C(CSc1nc2ccc(N=Cc3ccccc3O)cc2s1)Nc1ccc([N+](=O)[O-])cc1. The van der Waals surface area contributed by atoms with Crippen molar-refractivity contribution < 1.29 is 14.8 Å². The van der Waals surface area contributed by atoms with Crippen LogP contribution >= 0.6 is 23.1 Å². The summed E-state index contributed by atoms with van der Waals surface area (Å²) in [6.07, 6.45) is 1.61. The number of nitro groups is 1. The molecule has 0 saturated carbocycles. The smallest absolute Gasteiger partial charge is 0.269 e. The molecule has 4 aromatic rings. The van der Waals surface area contributed by atoms with Crippen LogP contribution in [0.1, 0.15) is 5.56 Å². The summed E-state index contributed by atoms with van der Waals surface area (Å²) in [6, 6.07) is 18.3. The lowest BCUT2D eigenvalue weighted by Crippen LogP contribution is -2.13. The van der Waals surface area contributed by atoms with Gasteiger partial charge in [-0.2, -0.15) is 0 Å². The number of carbonyl (C=O) groups excluding carboxylic acids is 1. The Balaban J connectivity index is 1.38. The highest BCUT2D eigenvalue weighted by Gasteiger charge is 2.10. The van der Waals surface area contributed by atoms with Crippen LogP contribution in [0.15, 0.2) is 76.1 Å². The normalized spacial score (nSPS) is 11.1. The largest absolute Gasteiger partial charge is 0.507 e. The van der Waals surface area contributed by atoms with Gasteiger partial charge < -0.3 is 10.4 Å². The number of carbonyl (C=O) groups is 1. The van der Waals surface area contributed by atoms with Crippen LogP contribution in [-0.4, -0.2) is 32.9 Å². The number of aromatic hydroxyl groups is 1. The van der Waals surface area contributed by atoms with E-state index >= 15 is 0 Å². The quantitative estimate of drug-likeness (QED) is 0.164. The van der Waals surface area contributed by atoms with Gasteiger partial charge in [0.1, 0.15) is 5.75 Å². The number of nitrogens with zero attached hydrogens (tertiary/aromatic N) is 3. The number of hydrogen-bond donors (Lipinski definition) is 2. The van der Waals surface area contributed by atoms with Gasteiger partial charge in [0.25, 0.3) is 5.69 Å².